The molecule has 134 valence electrons. The van der Waals surface area contributed by atoms with Crippen molar-refractivity contribution in [2.45, 2.75) is 63.8 Å². The van der Waals surface area contributed by atoms with Crippen LogP contribution in [0.15, 0.2) is 24.3 Å². The maximum absolute atomic E-state index is 9.87. The van der Waals surface area contributed by atoms with Crippen LogP contribution in [0.25, 0.3) is 0 Å². The average molecular weight is 331 g/mol. The second kappa shape index (κ2) is 7.45. The number of aromatic hydroxyl groups is 1. The van der Waals surface area contributed by atoms with Crippen molar-refractivity contribution in [1.82, 2.24) is 4.90 Å². The van der Waals surface area contributed by atoms with E-state index in [1.807, 2.05) is 12.1 Å². The first-order valence-electron chi connectivity index (χ1n) is 9.78. The molecule has 0 bridgehead atoms. The molecule has 0 radical (unpaired) electrons. The fourth-order valence-electron chi connectivity index (χ4n) is 5.02. The van der Waals surface area contributed by atoms with Gasteiger partial charge in [0.1, 0.15) is 5.75 Å². The molecule has 1 saturated carbocycles. The third kappa shape index (κ3) is 3.48. The van der Waals surface area contributed by atoms with Crippen molar-refractivity contribution in [2.75, 3.05) is 19.6 Å². The SMILES string of the molecule is CC1CN(C(CN)C2CCCCC2)CCC1(C)c1cccc(O)c1. The lowest BCUT2D eigenvalue weighted by molar-refractivity contribution is 0.0441. The molecule has 3 N–H and O–H groups in total. The highest BCUT2D eigenvalue weighted by molar-refractivity contribution is 5.33. The van der Waals surface area contributed by atoms with Crippen LogP contribution in [0.5, 0.6) is 5.75 Å². The number of hydrogen-bond donors (Lipinski definition) is 2. The smallest absolute Gasteiger partial charge is 0.115 e. The summed E-state index contributed by atoms with van der Waals surface area (Å²) in [4.78, 5) is 2.67. The Kier molecular flexibility index (Phi) is 5.51. The van der Waals surface area contributed by atoms with Gasteiger partial charge in [-0.3, -0.25) is 4.90 Å². The van der Waals surface area contributed by atoms with Crippen molar-refractivity contribution in [3.63, 3.8) is 0 Å². The molecule has 24 heavy (non-hydrogen) atoms. The highest BCUT2D eigenvalue weighted by Crippen LogP contribution is 2.41. The van der Waals surface area contributed by atoms with E-state index in [0.29, 0.717) is 17.7 Å². The summed E-state index contributed by atoms with van der Waals surface area (Å²) < 4.78 is 0. The van der Waals surface area contributed by atoms with Gasteiger partial charge in [0.05, 0.1) is 0 Å². The topological polar surface area (TPSA) is 49.5 Å². The molecule has 3 nitrogen and oxygen atoms in total. The van der Waals surface area contributed by atoms with Crippen LogP contribution in [-0.2, 0) is 5.41 Å². The van der Waals surface area contributed by atoms with Crippen LogP contribution in [-0.4, -0.2) is 35.7 Å². The molecular weight excluding hydrogens is 296 g/mol. The van der Waals surface area contributed by atoms with Gasteiger partial charge in [-0.15, -0.1) is 0 Å². The van der Waals surface area contributed by atoms with Crippen LogP contribution in [0.2, 0.25) is 0 Å². The second-order valence-electron chi connectivity index (χ2n) is 8.31. The lowest BCUT2D eigenvalue weighted by Gasteiger charge is -2.49. The molecule has 1 aromatic carbocycles. The van der Waals surface area contributed by atoms with E-state index in [2.05, 4.69) is 24.8 Å². The summed E-state index contributed by atoms with van der Waals surface area (Å²) in [6.07, 6.45) is 8.02. The fraction of sp³-hybridized carbons (Fsp3) is 0.714. The summed E-state index contributed by atoms with van der Waals surface area (Å²) in [6.45, 7) is 7.76. The molecule has 2 aliphatic rings. The van der Waals surface area contributed by atoms with Gasteiger partial charge in [-0.2, -0.15) is 0 Å². The van der Waals surface area contributed by atoms with E-state index < -0.39 is 0 Å². The molecule has 1 aliphatic carbocycles. The number of piperidine rings is 1. The summed E-state index contributed by atoms with van der Waals surface area (Å²) in [7, 11) is 0. The fourth-order valence-corrected chi connectivity index (χ4v) is 5.02. The molecular formula is C21H34N2O. The zero-order valence-electron chi connectivity index (χ0n) is 15.4. The van der Waals surface area contributed by atoms with Crippen molar-refractivity contribution in [3.05, 3.63) is 29.8 Å². The van der Waals surface area contributed by atoms with E-state index in [9.17, 15) is 5.11 Å². The number of phenolic OH excluding ortho intramolecular Hbond substituents is 1. The predicted molar refractivity (Wildman–Crippen MR) is 100 cm³/mol. The summed E-state index contributed by atoms with van der Waals surface area (Å²) >= 11 is 0. The van der Waals surface area contributed by atoms with Crippen molar-refractivity contribution in [3.8, 4) is 5.75 Å². The number of phenols is 1. The quantitative estimate of drug-likeness (QED) is 0.880. The number of rotatable bonds is 4. The van der Waals surface area contributed by atoms with Crippen molar-refractivity contribution < 1.29 is 5.11 Å². The molecule has 0 amide bonds. The first kappa shape index (κ1) is 17.8. The summed E-state index contributed by atoms with van der Waals surface area (Å²) in [6, 6.07) is 8.42. The highest BCUT2D eigenvalue weighted by atomic mass is 16.3. The van der Waals surface area contributed by atoms with E-state index in [1.165, 1.54) is 37.7 Å². The largest absolute Gasteiger partial charge is 0.508 e. The molecule has 2 fully saturated rings. The van der Waals surface area contributed by atoms with Gasteiger partial charge < -0.3 is 10.8 Å². The van der Waals surface area contributed by atoms with Crippen molar-refractivity contribution in [1.29, 1.82) is 0 Å². The lowest BCUT2D eigenvalue weighted by Crippen LogP contribution is -2.55. The molecule has 1 aliphatic heterocycles. The Morgan fingerprint density at radius 2 is 2.04 bits per heavy atom. The Labute approximate surface area is 147 Å². The highest BCUT2D eigenvalue weighted by Gasteiger charge is 2.41. The monoisotopic (exact) mass is 330 g/mol. The molecule has 3 heteroatoms. The van der Waals surface area contributed by atoms with E-state index >= 15 is 0 Å². The molecule has 1 heterocycles. The van der Waals surface area contributed by atoms with Gasteiger partial charge in [0.2, 0.25) is 0 Å². The number of hydrogen-bond acceptors (Lipinski definition) is 3. The Morgan fingerprint density at radius 1 is 1.29 bits per heavy atom. The van der Waals surface area contributed by atoms with Gasteiger partial charge in [0, 0.05) is 19.1 Å². The summed E-state index contributed by atoms with van der Waals surface area (Å²) in [5.41, 5.74) is 7.62. The third-order valence-electron chi connectivity index (χ3n) is 6.92. The van der Waals surface area contributed by atoms with Crippen LogP contribution in [0, 0.1) is 11.8 Å². The minimum Gasteiger partial charge on any atom is -0.508 e. The van der Waals surface area contributed by atoms with E-state index in [4.69, 9.17) is 5.73 Å². The van der Waals surface area contributed by atoms with E-state index in [0.717, 1.165) is 32.0 Å². The van der Waals surface area contributed by atoms with Gasteiger partial charge in [0.15, 0.2) is 0 Å². The van der Waals surface area contributed by atoms with Crippen LogP contribution in [0.3, 0.4) is 0 Å². The van der Waals surface area contributed by atoms with E-state index in [-0.39, 0.29) is 5.41 Å². The molecule has 1 aromatic rings. The van der Waals surface area contributed by atoms with Crippen molar-refractivity contribution >= 4 is 0 Å². The summed E-state index contributed by atoms with van der Waals surface area (Å²) in [5, 5.41) is 9.87. The molecule has 3 rings (SSSR count). The van der Waals surface area contributed by atoms with Gasteiger partial charge >= 0.3 is 0 Å². The van der Waals surface area contributed by atoms with Gasteiger partial charge in [-0.1, -0.05) is 45.2 Å². The zero-order valence-corrected chi connectivity index (χ0v) is 15.4. The third-order valence-corrected chi connectivity index (χ3v) is 6.92. The first-order valence-corrected chi connectivity index (χ1v) is 9.78. The van der Waals surface area contributed by atoms with Gasteiger partial charge in [0.25, 0.3) is 0 Å². The Bertz CT molecular complexity index is 540. The molecule has 0 aromatic heterocycles. The second-order valence-corrected chi connectivity index (χ2v) is 8.31. The number of nitrogens with two attached hydrogens (primary N) is 1. The van der Waals surface area contributed by atoms with Gasteiger partial charge in [-0.05, 0) is 60.8 Å². The number of benzene rings is 1. The van der Waals surface area contributed by atoms with Gasteiger partial charge in [-0.25, -0.2) is 0 Å². The first-order chi connectivity index (χ1) is 11.5. The van der Waals surface area contributed by atoms with E-state index in [1.54, 1.807) is 6.07 Å². The minimum atomic E-state index is 0.140. The molecule has 3 atom stereocenters. The maximum atomic E-state index is 9.87. The normalized spacial score (nSPS) is 31.0. The molecule has 0 spiro atoms. The number of nitrogens with zero attached hydrogens (tertiary/aromatic N) is 1. The standard InChI is InChI=1S/C21H34N2O/c1-16-15-23(20(14-22)17-7-4-3-5-8-17)12-11-21(16,2)18-9-6-10-19(24)13-18/h6,9-10,13,16-17,20,24H,3-5,7-8,11-12,14-15,22H2,1-2H3. The predicted octanol–water partition coefficient (Wildman–Crippen LogP) is 3.90. The minimum absolute atomic E-state index is 0.140. The molecule has 3 unspecified atom stereocenters. The molecule has 1 saturated heterocycles. The lowest BCUT2D eigenvalue weighted by atomic mass is 9.67. The number of likely N-dealkylation sites (tertiary alicyclic amines) is 1. The Hall–Kier alpha value is -1.06. The Balaban J connectivity index is 1.72. The van der Waals surface area contributed by atoms with Crippen molar-refractivity contribution in [2.24, 2.45) is 17.6 Å². The zero-order chi connectivity index (χ0) is 17.2. The van der Waals surface area contributed by atoms with Crippen LogP contribution < -0.4 is 5.73 Å². The Morgan fingerprint density at radius 3 is 2.67 bits per heavy atom. The van der Waals surface area contributed by atoms with Crippen LogP contribution in [0.1, 0.15) is 57.9 Å². The van der Waals surface area contributed by atoms with Crippen LogP contribution in [0.4, 0.5) is 0 Å². The maximum Gasteiger partial charge on any atom is 0.115 e. The summed E-state index contributed by atoms with van der Waals surface area (Å²) in [5.74, 6) is 1.73. The van der Waals surface area contributed by atoms with Crippen LogP contribution >= 0.6 is 0 Å². The average Bonchev–Trinajstić information content (AvgIpc) is 2.60.